The molecule has 4 nitrogen and oxygen atoms in total. The second-order valence-corrected chi connectivity index (χ2v) is 5.16. The monoisotopic (exact) mass is 335 g/mol. The quantitative estimate of drug-likeness (QED) is 0.878. The average molecular weight is 336 g/mol. The first kappa shape index (κ1) is 14.4. The molecule has 0 bridgehead atoms. The van der Waals surface area contributed by atoms with Crippen LogP contribution >= 0.6 is 15.9 Å². The van der Waals surface area contributed by atoms with Crippen molar-refractivity contribution in [3.8, 4) is 5.75 Å². The van der Waals surface area contributed by atoms with E-state index in [9.17, 15) is 4.79 Å². The van der Waals surface area contributed by atoms with Gasteiger partial charge >= 0.3 is 5.97 Å². The van der Waals surface area contributed by atoms with Crippen LogP contribution in [0.1, 0.15) is 15.9 Å². The normalized spacial score (nSPS) is 10.2. The van der Waals surface area contributed by atoms with Crippen molar-refractivity contribution in [2.45, 2.75) is 6.92 Å². The zero-order valence-corrected chi connectivity index (χ0v) is 12.7. The minimum atomic E-state index is -0.920. The number of nitrogens with one attached hydrogen (secondary N) is 1. The summed E-state index contributed by atoms with van der Waals surface area (Å²) >= 11 is 3.46. The van der Waals surface area contributed by atoms with E-state index in [2.05, 4.69) is 21.2 Å². The molecular weight excluding hydrogens is 322 g/mol. The van der Waals surface area contributed by atoms with Crippen molar-refractivity contribution in [1.82, 2.24) is 0 Å². The smallest absolute Gasteiger partial charge is 0.335 e. The molecule has 2 rings (SSSR count). The highest BCUT2D eigenvalue weighted by Gasteiger charge is 2.08. The largest absolute Gasteiger partial charge is 0.497 e. The maximum Gasteiger partial charge on any atom is 0.335 e. The molecule has 0 amide bonds. The molecule has 0 saturated heterocycles. The lowest BCUT2D eigenvalue weighted by atomic mass is 10.1. The third-order valence-electron chi connectivity index (χ3n) is 2.91. The second kappa shape index (κ2) is 5.96. The van der Waals surface area contributed by atoms with Crippen molar-refractivity contribution >= 4 is 33.3 Å². The molecule has 0 aliphatic rings. The minimum absolute atomic E-state index is 0.306. The Balaban J connectivity index is 2.30. The van der Waals surface area contributed by atoms with Crippen molar-refractivity contribution in [3.05, 3.63) is 52.0 Å². The Morgan fingerprint density at radius 1 is 1.25 bits per heavy atom. The van der Waals surface area contributed by atoms with Gasteiger partial charge in [0.2, 0.25) is 0 Å². The second-order valence-electron chi connectivity index (χ2n) is 4.31. The lowest BCUT2D eigenvalue weighted by Crippen LogP contribution is -2.00. The maximum atomic E-state index is 11.0. The summed E-state index contributed by atoms with van der Waals surface area (Å²) < 4.78 is 6.08. The molecule has 0 aliphatic heterocycles. The van der Waals surface area contributed by atoms with E-state index in [0.717, 1.165) is 21.6 Å². The number of benzene rings is 2. The van der Waals surface area contributed by atoms with Gasteiger partial charge in [-0.05, 0) is 58.7 Å². The van der Waals surface area contributed by atoms with Crippen molar-refractivity contribution < 1.29 is 14.6 Å². The summed E-state index contributed by atoms with van der Waals surface area (Å²) in [5, 5.41) is 12.2. The summed E-state index contributed by atoms with van der Waals surface area (Å²) in [7, 11) is 1.61. The molecule has 0 atom stereocenters. The third-order valence-corrected chi connectivity index (χ3v) is 3.60. The molecule has 2 aromatic carbocycles. The van der Waals surface area contributed by atoms with E-state index < -0.39 is 5.97 Å². The number of aryl methyl sites for hydroxylation is 1. The fraction of sp³-hybridized carbons (Fsp3) is 0.133. The maximum absolute atomic E-state index is 11.0. The van der Waals surface area contributed by atoms with E-state index in [4.69, 9.17) is 9.84 Å². The number of anilines is 2. The molecule has 2 N–H and O–H groups in total. The number of rotatable bonds is 4. The highest BCUT2D eigenvalue weighted by atomic mass is 79.9. The molecule has 0 heterocycles. The molecule has 0 fully saturated rings. The Hall–Kier alpha value is -2.01. The van der Waals surface area contributed by atoms with Crippen LogP contribution in [0.25, 0.3) is 0 Å². The highest BCUT2D eigenvalue weighted by Crippen LogP contribution is 2.30. The van der Waals surface area contributed by atoms with Gasteiger partial charge in [0.25, 0.3) is 0 Å². The zero-order chi connectivity index (χ0) is 14.7. The van der Waals surface area contributed by atoms with E-state index in [1.807, 2.05) is 18.2 Å². The molecule has 2 aromatic rings. The van der Waals surface area contributed by atoms with E-state index >= 15 is 0 Å². The van der Waals surface area contributed by atoms with Crippen LogP contribution in [0.4, 0.5) is 11.4 Å². The lowest BCUT2D eigenvalue weighted by Gasteiger charge is -2.11. The zero-order valence-electron chi connectivity index (χ0n) is 11.1. The number of methoxy groups -OCH3 is 1. The molecule has 0 aromatic heterocycles. The Morgan fingerprint density at radius 2 is 2.00 bits per heavy atom. The Morgan fingerprint density at radius 3 is 2.60 bits per heavy atom. The van der Waals surface area contributed by atoms with Crippen molar-refractivity contribution in [2.75, 3.05) is 12.4 Å². The number of hydrogen-bond acceptors (Lipinski definition) is 3. The van der Waals surface area contributed by atoms with Gasteiger partial charge in [-0.25, -0.2) is 4.79 Å². The van der Waals surface area contributed by atoms with Crippen LogP contribution in [0.15, 0.2) is 40.9 Å². The summed E-state index contributed by atoms with van der Waals surface area (Å²) in [6.45, 7) is 1.77. The van der Waals surface area contributed by atoms with Crippen molar-refractivity contribution in [3.63, 3.8) is 0 Å². The van der Waals surface area contributed by atoms with Gasteiger partial charge in [0.1, 0.15) is 5.75 Å². The fourth-order valence-corrected chi connectivity index (χ4v) is 2.21. The van der Waals surface area contributed by atoms with Crippen LogP contribution in [0.2, 0.25) is 0 Å². The third kappa shape index (κ3) is 3.11. The van der Waals surface area contributed by atoms with E-state index in [1.54, 1.807) is 32.2 Å². The molecule has 0 aliphatic carbocycles. The molecule has 5 heteroatoms. The summed E-state index contributed by atoms with van der Waals surface area (Å²) in [5.74, 6) is -0.175. The first-order chi connectivity index (χ1) is 9.51. The first-order valence-corrected chi connectivity index (χ1v) is 6.75. The molecule has 0 saturated carbocycles. The van der Waals surface area contributed by atoms with Crippen molar-refractivity contribution in [2.24, 2.45) is 0 Å². The van der Waals surface area contributed by atoms with Gasteiger partial charge in [0.05, 0.1) is 18.4 Å². The average Bonchev–Trinajstić information content (AvgIpc) is 2.41. The SMILES string of the molecule is COc1ccc(Br)c(Nc2ccc(C(=O)O)c(C)c2)c1. The summed E-state index contributed by atoms with van der Waals surface area (Å²) in [4.78, 5) is 11.0. The molecule has 0 unspecified atom stereocenters. The predicted octanol–water partition coefficient (Wildman–Crippen LogP) is 4.21. The van der Waals surface area contributed by atoms with Crippen LogP contribution in [-0.2, 0) is 0 Å². The minimum Gasteiger partial charge on any atom is -0.497 e. The first-order valence-electron chi connectivity index (χ1n) is 5.96. The van der Waals surface area contributed by atoms with Gasteiger partial charge in [-0.3, -0.25) is 0 Å². The van der Waals surface area contributed by atoms with E-state index in [-0.39, 0.29) is 0 Å². The Kier molecular flexibility index (Phi) is 4.29. The van der Waals surface area contributed by atoms with Gasteiger partial charge < -0.3 is 15.2 Å². The molecule has 20 heavy (non-hydrogen) atoms. The Labute approximate surface area is 125 Å². The summed E-state index contributed by atoms with van der Waals surface area (Å²) in [6, 6.07) is 10.7. The number of carboxylic acid groups (broad SMARTS) is 1. The van der Waals surface area contributed by atoms with Crippen LogP contribution < -0.4 is 10.1 Å². The standard InChI is InChI=1S/C15H14BrNO3/c1-9-7-10(3-5-12(9)15(18)19)17-14-8-11(20-2)4-6-13(14)16/h3-8,17H,1-2H3,(H,18,19). The van der Waals surface area contributed by atoms with Gasteiger partial charge in [-0.2, -0.15) is 0 Å². The molecule has 104 valence electrons. The van der Waals surface area contributed by atoms with Crippen molar-refractivity contribution in [1.29, 1.82) is 0 Å². The van der Waals surface area contributed by atoms with Gasteiger partial charge in [-0.15, -0.1) is 0 Å². The van der Waals surface area contributed by atoms with Gasteiger partial charge in [0, 0.05) is 16.2 Å². The summed E-state index contributed by atoms with van der Waals surface area (Å²) in [5.41, 5.74) is 2.69. The van der Waals surface area contributed by atoms with Crippen LogP contribution in [-0.4, -0.2) is 18.2 Å². The number of carboxylic acids is 1. The van der Waals surface area contributed by atoms with E-state index in [1.165, 1.54) is 0 Å². The van der Waals surface area contributed by atoms with Gasteiger partial charge in [0.15, 0.2) is 0 Å². The topological polar surface area (TPSA) is 58.6 Å². The number of halogens is 1. The predicted molar refractivity (Wildman–Crippen MR) is 82.1 cm³/mol. The van der Waals surface area contributed by atoms with Crippen LogP contribution in [0, 0.1) is 6.92 Å². The van der Waals surface area contributed by atoms with Crippen LogP contribution in [0.3, 0.4) is 0 Å². The van der Waals surface area contributed by atoms with E-state index in [0.29, 0.717) is 11.1 Å². The van der Waals surface area contributed by atoms with Gasteiger partial charge in [-0.1, -0.05) is 0 Å². The number of carbonyl (C=O) groups is 1. The molecular formula is C15H14BrNO3. The lowest BCUT2D eigenvalue weighted by molar-refractivity contribution is 0.0696. The highest BCUT2D eigenvalue weighted by molar-refractivity contribution is 9.10. The number of hydrogen-bond donors (Lipinski definition) is 2. The summed E-state index contributed by atoms with van der Waals surface area (Å²) in [6.07, 6.45) is 0. The molecule has 0 radical (unpaired) electrons. The number of aromatic carboxylic acids is 1. The molecule has 0 spiro atoms. The Bertz CT molecular complexity index is 656. The van der Waals surface area contributed by atoms with Crippen LogP contribution in [0.5, 0.6) is 5.75 Å². The fourth-order valence-electron chi connectivity index (χ4n) is 1.86. The number of ether oxygens (including phenoxy) is 1.